The topological polar surface area (TPSA) is 29.5 Å². The van der Waals surface area contributed by atoms with Crippen LogP contribution in [0.15, 0.2) is 221 Å². The van der Waals surface area contributed by atoms with E-state index in [0.29, 0.717) is 0 Å². The molecule has 1 aliphatic carbocycles. The number of benzene rings is 10. The van der Waals surface area contributed by atoms with Crippen LogP contribution < -0.4 is 4.90 Å². The minimum absolute atomic E-state index is 0.162. The average molecular weight is 876 g/mol. The van der Waals surface area contributed by atoms with Crippen LogP contribution in [-0.2, 0) is 5.41 Å². The van der Waals surface area contributed by atoms with Crippen LogP contribution in [-0.4, -0.2) is 0 Å². The lowest BCUT2D eigenvalue weighted by Crippen LogP contribution is -2.14. The summed E-state index contributed by atoms with van der Waals surface area (Å²) < 4.78 is 16.8. The number of hydrogen-bond acceptors (Lipinski definition) is 4. The van der Waals surface area contributed by atoms with Crippen LogP contribution in [0, 0.1) is 0 Å². The van der Waals surface area contributed by atoms with Crippen molar-refractivity contribution in [2.24, 2.45) is 0 Å². The lowest BCUT2D eigenvalue weighted by Gasteiger charge is -2.26. The van der Waals surface area contributed by atoms with Crippen LogP contribution in [0.1, 0.15) is 25.0 Å². The van der Waals surface area contributed by atoms with Crippen molar-refractivity contribution in [2.45, 2.75) is 19.3 Å². The van der Waals surface area contributed by atoms with Gasteiger partial charge in [0.25, 0.3) is 0 Å². The highest BCUT2D eigenvalue weighted by atomic mass is 32.1. The summed E-state index contributed by atoms with van der Waals surface area (Å²) in [5.74, 6) is 0. The van der Waals surface area contributed by atoms with E-state index in [-0.39, 0.29) is 5.41 Å². The van der Waals surface area contributed by atoms with E-state index in [2.05, 4.69) is 225 Å². The number of anilines is 3. The number of thiophene rings is 1. The first kappa shape index (κ1) is 38.1. The van der Waals surface area contributed by atoms with Crippen LogP contribution in [0.25, 0.3) is 109 Å². The maximum absolute atomic E-state index is 7.43. The molecule has 0 saturated heterocycles. The summed E-state index contributed by atoms with van der Waals surface area (Å²) in [6.07, 6.45) is 0. The molecule has 4 heteroatoms. The Kier molecular flexibility index (Phi) is 8.20. The normalized spacial score (nSPS) is 13.0. The molecule has 10 aromatic carbocycles. The van der Waals surface area contributed by atoms with Crippen LogP contribution >= 0.6 is 11.3 Å². The molecule has 0 amide bonds. The Bertz CT molecular complexity index is 4110. The van der Waals surface area contributed by atoms with Crippen molar-refractivity contribution in [3.8, 4) is 44.5 Å². The molecule has 0 N–H and O–H groups in total. The van der Waals surface area contributed by atoms with Gasteiger partial charge < -0.3 is 13.7 Å². The molecule has 0 atom stereocenters. The summed E-state index contributed by atoms with van der Waals surface area (Å²) in [4.78, 5) is 2.34. The molecule has 3 nitrogen and oxygen atoms in total. The number of hydrogen-bond donors (Lipinski definition) is 0. The maximum atomic E-state index is 7.43. The second-order valence-electron chi connectivity index (χ2n) is 18.4. The standard InChI is InChI=1S/C63H41NO2S/c1-63(2)52-22-9-6-16-45(52)46-35-30-41(36-53(46)63)58-59-50-18-7-10-24-55(50)65-56(59)37-51-48-20-13-23-54(60(48)66-61(51)58)64(42-31-26-39(27-32-42)38-14-4-3-5-15-38)43-33-28-40(29-34-43)44-19-12-21-49-47-17-8-11-25-57(47)67-62(44)49/h3-37H,1-2H3. The van der Waals surface area contributed by atoms with E-state index in [9.17, 15) is 0 Å². The molecule has 13 aromatic rings. The van der Waals surface area contributed by atoms with Crippen molar-refractivity contribution in [3.63, 3.8) is 0 Å². The van der Waals surface area contributed by atoms with Gasteiger partial charge in [0, 0.05) is 64.1 Å². The van der Waals surface area contributed by atoms with E-state index >= 15 is 0 Å². The Morgan fingerprint density at radius 2 is 1.03 bits per heavy atom. The second kappa shape index (κ2) is 14.4. The fraction of sp³-hybridized carbons (Fsp3) is 0.0476. The zero-order valence-electron chi connectivity index (χ0n) is 36.9. The monoisotopic (exact) mass is 875 g/mol. The van der Waals surface area contributed by atoms with Gasteiger partial charge in [0.1, 0.15) is 16.7 Å². The van der Waals surface area contributed by atoms with Gasteiger partial charge in [-0.15, -0.1) is 11.3 Å². The Morgan fingerprint density at radius 1 is 0.403 bits per heavy atom. The van der Waals surface area contributed by atoms with E-state index in [1.165, 1.54) is 59.1 Å². The molecular formula is C63H41NO2S. The van der Waals surface area contributed by atoms with Crippen molar-refractivity contribution in [1.82, 2.24) is 0 Å². The van der Waals surface area contributed by atoms with Gasteiger partial charge in [0.15, 0.2) is 5.58 Å². The summed E-state index contributed by atoms with van der Waals surface area (Å²) in [7, 11) is 0. The first-order valence-electron chi connectivity index (χ1n) is 23.0. The minimum Gasteiger partial charge on any atom is -0.456 e. The fourth-order valence-corrected chi connectivity index (χ4v) is 12.3. The maximum Gasteiger partial charge on any atom is 0.159 e. The molecule has 67 heavy (non-hydrogen) atoms. The Hall–Kier alpha value is -8.18. The predicted octanol–water partition coefficient (Wildman–Crippen LogP) is 18.6. The van der Waals surface area contributed by atoms with E-state index in [4.69, 9.17) is 8.83 Å². The molecule has 3 aromatic heterocycles. The highest BCUT2D eigenvalue weighted by Gasteiger charge is 2.36. The third kappa shape index (κ3) is 5.70. The van der Waals surface area contributed by atoms with Gasteiger partial charge in [-0.3, -0.25) is 0 Å². The molecule has 0 saturated carbocycles. The molecule has 0 radical (unpaired) electrons. The zero-order chi connectivity index (χ0) is 44.4. The number of para-hydroxylation sites is 2. The second-order valence-corrected chi connectivity index (χ2v) is 19.4. The van der Waals surface area contributed by atoms with Crippen molar-refractivity contribution in [3.05, 3.63) is 223 Å². The van der Waals surface area contributed by atoms with Gasteiger partial charge in [-0.25, -0.2) is 0 Å². The van der Waals surface area contributed by atoms with Crippen LogP contribution in [0.5, 0.6) is 0 Å². The molecule has 0 unspecified atom stereocenters. The number of fused-ring (bicyclic) bond motifs is 12. The first-order chi connectivity index (χ1) is 33.0. The SMILES string of the molecule is CC1(C)c2ccccc2-c2ccc(-c3c4oc5c(N(c6ccc(-c7ccccc7)cc6)c6ccc(-c7cccc8c7sc7ccccc78)cc6)cccc5c4cc4oc5ccccc5c34)cc21. The van der Waals surface area contributed by atoms with Gasteiger partial charge in [0.2, 0.25) is 0 Å². The van der Waals surface area contributed by atoms with Gasteiger partial charge in [-0.1, -0.05) is 172 Å². The third-order valence-electron chi connectivity index (χ3n) is 14.3. The van der Waals surface area contributed by atoms with E-state index in [1.807, 2.05) is 17.4 Å². The van der Waals surface area contributed by atoms with E-state index in [0.717, 1.165) is 77.6 Å². The van der Waals surface area contributed by atoms with Crippen LogP contribution in [0.2, 0.25) is 0 Å². The van der Waals surface area contributed by atoms with Crippen LogP contribution in [0.4, 0.5) is 17.1 Å². The molecule has 3 heterocycles. The molecule has 0 spiro atoms. The van der Waals surface area contributed by atoms with Crippen molar-refractivity contribution >= 4 is 92.4 Å². The quantitative estimate of drug-likeness (QED) is 0.167. The largest absolute Gasteiger partial charge is 0.456 e. The number of furan rings is 2. The molecule has 1 aliphatic rings. The molecule has 0 aliphatic heterocycles. The van der Waals surface area contributed by atoms with Crippen LogP contribution in [0.3, 0.4) is 0 Å². The highest BCUT2D eigenvalue weighted by Crippen LogP contribution is 2.53. The highest BCUT2D eigenvalue weighted by molar-refractivity contribution is 7.26. The molecule has 0 bridgehead atoms. The van der Waals surface area contributed by atoms with Crippen molar-refractivity contribution in [2.75, 3.05) is 4.90 Å². The van der Waals surface area contributed by atoms with Crippen molar-refractivity contribution < 1.29 is 8.83 Å². The summed E-state index contributed by atoms with van der Waals surface area (Å²) in [5.41, 5.74) is 18.4. The lowest BCUT2D eigenvalue weighted by atomic mass is 9.81. The minimum atomic E-state index is -0.162. The Balaban J connectivity index is 0.984. The van der Waals surface area contributed by atoms with Crippen molar-refractivity contribution in [1.29, 1.82) is 0 Å². The summed E-state index contributed by atoms with van der Waals surface area (Å²) in [6, 6.07) is 76.8. The zero-order valence-corrected chi connectivity index (χ0v) is 37.7. The van der Waals surface area contributed by atoms with E-state index in [1.54, 1.807) is 0 Å². The molecule has 14 rings (SSSR count). The van der Waals surface area contributed by atoms with Gasteiger partial charge in [0.05, 0.1) is 5.69 Å². The molecule has 0 fully saturated rings. The number of rotatable bonds is 6. The summed E-state index contributed by atoms with van der Waals surface area (Å²) >= 11 is 1.86. The predicted molar refractivity (Wildman–Crippen MR) is 282 cm³/mol. The summed E-state index contributed by atoms with van der Waals surface area (Å²) in [6.45, 7) is 4.69. The summed E-state index contributed by atoms with van der Waals surface area (Å²) in [5, 5.41) is 6.79. The van der Waals surface area contributed by atoms with E-state index < -0.39 is 0 Å². The Morgan fingerprint density at radius 3 is 1.87 bits per heavy atom. The van der Waals surface area contributed by atoms with Gasteiger partial charge >= 0.3 is 0 Å². The fourth-order valence-electron chi connectivity index (χ4n) is 11.1. The molecular weight excluding hydrogens is 835 g/mol. The van der Waals surface area contributed by atoms with Gasteiger partial charge in [-0.05, 0) is 105 Å². The smallest absolute Gasteiger partial charge is 0.159 e. The average Bonchev–Trinajstić information content (AvgIpc) is 4.12. The lowest BCUT2D eigenvalue weighted by molar-refractivity contribution is 0.660. The third-order valence-corrected chi connectivity index (χ3v) is 15.5. The first-order valence-corrected chi connectivity index (χ1v) is 23.8. The van der Waals surface area contributed by atoms with Gasteiger partial charge in [-0.2, -0.15) is 0 Å². The Labute approximate surface area is 391 Å². The molecule has 316 valence electrons. The number of nitrogens with zero attached hydrogens (tertiary/aromatic N) is 1.